The smallest absolute Gasteiger partial charge is 0.306 e. The molecule has 0 radical (unpaired) electrons. The van der Waals surface area contributed by atoms with Gasteiger partial charge in [0.15, 0.2) is 18.4 Å². The number of esters is 1. The lowest BCUT2D eigenvalue weighted by Gasteiger charge is -2.44. The second kappa shape index (κ2) is 17.4. The van der Waals surface area contributed by atoms with E-state index in [0.29, 0.717) is 18.4 Å². The molecular weight excluding hydrogens is 666 g/mol. The number of carbonyl (C=O) groups is 2. The number of ether oxygens (including phenoxy) is 8. The predicted octanol–water partition coefficient (Wildman–Crippen LogP) is 5.49. The van der Waals surface area contributed by atoms with Gasteiger partial charge in [0.05, 0.1) is 30.8 Å². The zero-order chi connectivity index (χ0) is 37.3. The molecule has 0 N–H and O–H groups in total. The average Bonchev–Trinajstić information content (AvgIpc) is 3.70. The van der Waals surface area contributed by atoms with Gasteiger partial charge < -0.3 is 42.8 Å². The molecule has 6 rings (SSSR count). The highest BCUT2D eigenvalue weighted by atomic mass is 16.7. The highest BCUT2D eigenvalue weighted by Gasteiger charge is 2.52. The van der Waals surface area contributed by atoms with Gasteiger partial charge in [0.1, 0.15) is 24.4 Å². The van der Waals surface area contributed by atoms with E-state index < -0.39 is 12.4 Å². The molecular formula is C41H65NO10. The molecule has 52 heavy (non-hydrogen) atoms. The van der Waals surface area contributed by atoms with Crippen LogP contribution in [-0.2, 0) is 47.5 Å². The Morgan fingerprint density at radius 2 is 1.58 bits per heavy atom. The number of hydrogen-bond donors (Lipinski definition) is 0. The zero-order valence-electron chi connectivity index (χ0n) is 32.9. The van der Waals surface area contributed by atoms with Gasteiger partial charge in [-0.15, -0.1) is 0 Å². The first-order valence-electron chi connectivity index (χ1n) is 20.0. The summed E-state index contributed by atoms with van der Waals surface area (Å²) in [5.41, 5.74) is 0.763. The van der Waals surface area contributed by atoms with E-state index in [0.717, 1.165) is 50.5 Å². The molecule has 17 atom stereocenters. The van der Waals surface area contributed by atoms with E-state index >= 15 is 0 Å². The van der Waals surface area contributed by atoms with Crippen LogP contribution in [0.15, 0.2) is 23.8 Å². The van der Waals surface area contributed by atoms with Crippen molar-refractivity contribution in [1.29, 1.82) is 0 Å². The summed E-state index contributed by atoms with van der Waals surface area (Å²) in [4.78, 5) is 30.4. The topological polar surface area (TPSA) is 111 Å². The van der Waals surface area contributed by atoms with Gasteiger partial charge in [-0.1, -0.05) is 32.1 Å². The summed E-state index contributed by atoms with van der Waals surface area (Å²) < 4.78 is 49.5. The molecule has 0 unspecified atom stereocenters. The van der Waals surface area contributed by atoms with E-state index in [9.17, 15) is 9.59 Å². The summed E-state index contributed by atoms with van der Waals surface area (Å²) in [6.45, 7) is 8.17. The monoisotopic (exact) mass is 731 g/mol. The van der Waals surface area contributed by atoms with Crippen LogP contribution >= 0.6 is 0 Å². The molecule has 11 heteroatoms. The van der Waals surface area contributed by atoms with Crippen LogP contribution in [0.4, 0.5) is 0 Å². The molecule has 0 aromatic heterocycles. The highest BCUT2D eigenvalue weighted by molar-refractivity contribution is 5.99. The van der Waals surface area contributed by atoms with E-state index in [1.165, 1.54) is 0 Å². The Kier molecular flexibility index (Phi) is 13.4. The average molecular weight is 732 g/mol. The molecule has 0 amide bonds. The molecule has 3 aliphatic heterocycles. The van der Waals surface area contributed by atoms with Crippen molar-refractivity contribution in [2.24, 2.45) is 35.5 Å². The van der Waals surface area contributed by atoms with Crippen molar-refractivity contribution in [2.45, 2.75) is 153 Å². The number of fused-ring (bicyclic) bond motifs is 5. The van der Waals surface area contributed by atoms with Crippen LogP contribution in [0, 0.1) is 35.5 Å². The number of hydrogen-bond acceptors (Lipinski definition) is 11. The number of cyclic esters (lactones) is 1. The van der Waals surface area contributed by atoms with Crippen LogP contribution in [-0.4, -0.2) is 120 Å². The molecule has 3 saturated heterocycles. The molecule has 294 valence electrons. The van der Waals surface area contributed by atoms with Gasteiger partial charge in [0.25, 0.3) is 0 Å². The van der Waals surface area contributed by atoms with Gasteiger partial charge in [0, 0.05) is 39.2 Å². The largest absolute Gasteiger partial charge is 0.462 e. The van der Waals surface area contributed by atoms with Crippen LogP contribution in [0.1, 0.15) is 85.5 Å². The van der Waals surface area contributed by atoms with E-state index in [2.05, 4.69) is 51.1 Å². The van der Waals surface area contributed by atoms with Crippen molar-refractivity contribution in [3.63, 3.8) is 0 Å². The first kappa shape index (κ1) is 40.0. The molecule has 3 aliphatic carbocycles. The number of Topliss-reactive ketones (excluding diaryl/α,β-unsaturated/α-hetero) is 1. The first-order valence-corrected chi connectivity index (χ1v) is 20.0. The third-order valence-electron chi connectivity index (χ3n) is 13.3. The van der Waals surface area contributed by atoms with E-state index in [4.69, 9.17) is 37.9 Å². The van der Waals surface area contributed by atoms with Gasteiger partial charge in [0.2, 0.25) is 0 Å². The third kappa shape index (κ3) is 8.27. The molecule has 11 nitrogen and oxygen atoms in total. The molecule has 4 fully saturated rings. The Morgan fingerprint density at radius 3 is 2.25 bits per heavy atom. The lowest BCUT2D eigenvalue weighted by molar-refractivity contribution is -0.314. The van der Waals surface area contributed by atoms with Gasteiger partial charge in [-0.2, -0.15) is 0 Å². The fourth-order valence-electron chi connectivity index (χ4n) is 10.4. The zero-order valence-corrected chi connectivity index (χ0v) is 32.9. The summed E-state index contributed by atoms with van der Waals surface area (Å²) in [6.07, 6.45) is 10.8. The molecule has 0 aromatic carbocycles. The van der Waals surface area contributed by atoms with Crippen molar-refractivity contribution in [1.82, 2.24) is 4.90 Å². The fourth-order valence-corrected chi connectivity index (χ4v) is 10.4. The van der Waals surface area contributed by atoms with E-state index in [-0.39, 0.29) is 96.8 Å². The number of methoxy groups -OCH3 is 3. The molecule has 1 saturated carbocycles. The number of ketones is 1. The van der Waals surface area contributed by atoms with Gasteiger partial charge in [-0.05, 0) is 109 Å². The molecule has 6 aliphatic rings. The van der Waals surface area contributed by atoms with Gasteiger partial charge in [-0.3, -0.25) is 9.59 Å². The second-order valence-corrected chi connectivity index (χ2v) is 16.5. The molecule has 0 spiro atoms. The summed E-state index contributed by atoms with van der Waals surface area (Å²) in [6, 6.07) is 0.339. The maximum absolute atomic E-state index is 14.7. The Bertz CT molecular complexity index is 1290. The lowest BCUT2D eigenvalue weighted by Crippen LogP contribution is -2.59. The summed E-state index contributed by atoms with van der Waals surface area (Å²) >= 11 is 0. The van der Waals surface area contributed by atoms with Crippen molar-refractivity contribution in [3.8, 4) is 0 Å². The normalized spacial score (nSPS) is 45.7. The van der Waals surface area contributed by atoms with E-state index in [1.54, 1.807) is 21.3 Å². The summed E-state index contributed by atoms with van der Waals surface area (Å²) in [7, 11) is 9.15. The lowest BCUT2D eigenvalue weighted by atomic mass is 9.70. The molecule has 0 bridgehead atoms. The minimum Gasteiger partial charge on any atom is -0.462 e. The summed E-state index contributed by atoms with van der Waals surface area (Å²) in [5.74, 6) is 0.0198. The standard InChI is InChI=1S/C41H65NO10/c1-10-26-12-11-13-34(52-36-17-16-33(42(5)6)23(3)48-36)22(2)37(44)32-20-30-28(31(32)21-35(43)50-26)15-14-25-18-27(19-29(25)30)51-41-40(47-9)39(46-8)38(45-7)24(4)49-41/h14-15,20,22-31,33-34,36,38-41H,10-13,16-19,21H2,1-9H3/t22-,23+,24-,25+,26+,27+,28+,29+,30+,31-,33-,34+,36-,38-,39+,40+,41-/m0/s1. The SMILES string of the molecule is CC[C@@H]1CCC[C@@H](O[C@H]2CC[C@H](N(C)C)[C@@H](C)O2)[C@H](C)C(=O)C2=C[C@@H]3[C@@H](C=C[C@@H]4C[C@@H](O[C@@H]5O[C@@H](C)[C@H](OC)[C@@H](OC)[C@H]5OC)C[C@@H]34)[C@@H]2CC(=O)O1. The second-order valence-electron chi connectivity index (χ2n) is 16.5. The Labute approximate surface area is 311 Å². The fraction of sp³-hybridized carbons (Fsp3) is 0.854. The number of nitrogens with zero attached hydrogens (tertiary/aromatic N) is 1. The molecule has 3 heterocycles. The first-order chi connectivity index (χ1) is 25.0. The maximum Gasteiger partial charge on any atom is 0.306 e. The van der Waals surface area contributed by atoms with Gasteiger partial charge >= 0.3 is 5.97 Å². The Hall–Kier alpha value is -1.70. The maximum atomic E-state index is 14.7. The van der Waals surface area contributed by atoms with Crippen molar-refractivity contribution in [3.05, 3.63) is 23.8 Å². The minimum atomic E-state index is -0.594. The van der Waals surface area contributed by atoms with Crippen molar-refractivity contribution in [2.75, 3.05) is 35.4 Å². The Balaban J connectivity index is 1.20. The number of likely N-dealkylation sites (N-methyl/N-ethyl adjacent to an activating group) is 1. The van der Waals surface area contributed by atoms with Crippen LogP contribution in [0.5, 0.6) is 0 Å². The summed E-state index contributed by atoms with van der Waals surface area (Å²) in [5, 5.41) is 0. The predicted molar refractivity (Wildman–Crippen MR) is 194 cm³/mol. The van der Waals surface area contributed by atoms with Crippen LogP contribution < -0.4 is 0 Å². The van der Waals surface area contributed by atoms with Gasteiger partial charge in [-0.25, -0.2) is 0 Å². The van der Waals surface area contributed by atoms with Crippen LogP contribution in [0.25, 0.3) is 0 Å². The van der Waals surface area contributed by atoms with Crippen LogP contribution in [0.2, 0.25) is 0 Å². The number of rotatable bonds is 9. The molecule has 0 aromatic rings. The Morgan fingerprint density at radius 1 is 0.827 bits per heavy atom. The minimum absolute atomic E-state index is 0.0380. The third-order valence-corrected chi connectivity index (χ3v) is 13.3. The quantitative estimate of drug-likeness (QED) is 0.222. The highest BCUT2D eigenvalue weighted by Crippen LogP contribution is 2.54. The number of allylic oxidation sites excluding steroid dienone is 4. The van der Waals surface area contributed by atoms with Crippen molar-refractivity contribution < 1.29 is 47.5 Å². The van der Waals surface area contributed by atoms with E-state index in [1.807, 2.05) is 13.8 Å². The van der Waals surface area contributed by atoms with Crippen LogP contribution in [0.3, 0.4) is 0 Å². The number of carbonyl (C=O) groups excluding carboxylic acids is 2. The van der Waals surface area contributed by atoms with Crippen molar-refractivity contribution >= 4 is 11.8 Å².